The van der Waals surface area contributed by atoms with Gasteiger partial charge in [-0.05, 0) is 44.1 Å². The number of carbonyl (C=O) groups excluding carboxylic acids is 3. The summed E-state index contributed by atoms with van der Waals surface area (Å²) in [5.41, 5.74) is 1.39. The van der Waals surface area contributed by atoms with Crippen molar-refractivity contribution in [3.05, 3.63) is 23.8 Å². The number of hydrogen-bond donors (Lipinski definition) is 1. The number of ketones is 1. The van der Waals surface area contributed by atoms with Crippen molar-refractivity contribution in [2.75, 3.05) is 53.6 Å². The number of fused-ring (bicyclic) bond motifs is 1. The van der Waals surface area contributed by atoms with Crippen LogP contribution in [0.15, 0.2) is 28.2 Å². The molecule has 0 aliphatic carbocycles. The first-order chi connectivity index (χ1) is 16.5. The van der Waals surface area contributed by atoms with Crippen LogP contribution in [-0.2, 0) is 14.3 Å². The van der Waals surface area contributed by atoms with Crippen molar-refractivity contribution in [2.24, 2.45) is 21.8 Å². The number of ether oxygens (including phenoxy) is 3. The Labute approximate surface area is 198 Å². The van der Waals surface area contributed by atoms with Crippen molar-refractivity contribution in [3.63, 3.8) is 0 Å². The summed E-state index contributed by atoms with van der Waals surface area (Å²) in [4.78, 5) is 48.0. The van der Waals surface area contributed by atoms with Crippen molar-refractivity contribution in [3.8, 4) is 11.5 Å². The lowest BCUT2D eigenvalue weighted by atomic mass is 9.88. The van der Waals surface area contributed by atoms with Gasteiger partial charge in [0.05, 0.1) is 40.5 Å². The van der Waals surface area contributed by atoms with E-state index in [0.29, 0.717) is 68.5 Å². The van der Waals surface area contributed by atoms with Gasteiger partial charge in [0.2, 0.25) is 5.91 Å². The lowest BCUT2D eigenvalue weighted by Gasteiger charge is -2.30. The molecule has 10 nitrogen and oxygen atoms in total. The third-order valence-electron chi connectivity index (χ3n) is 6.44. The topological polar surface area (TPSA) is 119 Å². The largest absolute Gasteiger partial charge is 0.493 e. The number of amidine groups is 1. The highest BCUT2D eigenvalue weighted by Crippen LogP contribution is 2.30. The molecule has 2 fully saturated rings. The van der Waals surface area contributed by atoms with E-state index in [1.165, 1.54) is 0 Å². The number of aliphatic imine (C=N–C) groups is 2. The molecule has 1 aromatic rings. The van der Waals surface area contributed by atoms with E-state index in [2.05, 4.69) is 15.3 Å². The Hall–Kier alpha value is -3.11. The highest BCUT2D eigenvalue weighted by molar-refractivity contribution is 6.17. The number of nitrogens with zero attached hydrogens (tertiary/aromatic N) is 3. The number of benzene rings is 1. The molecule has 0 radical (unpaired) electrons. The van der Waals surface area contributed by atoms with Crippen LogP contribution in [0.5, 0.6) is 11.5 Å². The minimum atomic E-state index is -0.379. The summed E-state index contributed by atoms with van der Waals surface area (Å²) in [6, 6.07) is 5.21. The van der Waals surface area contributed by atoms with Gasteiger partial charge in [0.25, 0.3) is 5.91 Å². The zero-order valence-corrected chi connectivity index (χ0v) is 19.5. The second-order valence-corrected chi connectivity index (χ2v) is 8.61. The van der Waals surface area contributed by atoms with Gasteiger partial charge in [0.15, 0.2) is 23.1 Å². The SMILES string of the molecule is COc1ccc(C(=O)C2CCN(CC(=O)NCC3=NC(=O)C4COCCC4=N3)CC2)cc1OC. The Morgan fingerprint density at radius 2 is 1.91 bits per heavy atom. The van der Waals surface area contributed by atoms with Crippen molar-refractivity contribution >= 4 is 29.1 Å². The highest BCUT2D eigenvalue weighted by Gasteiger charge is 2.32. The summed E-state index contributed by atoms with van der Waals surface area (Å²) >= 11 is 0. The normalized spacial score (nSPS) is 21.2. The van der Waals surface area contributed by atoms with Gasteiger partial charge in [0, 0.05) is 23.6 Å². The van der Waals surface area contributed by atoms with Gasteiger partial charge >= 0.3 is 0 Å². The number of piperidine rings is 1. The van der Waals surface area contributed by atoms with Gasteiger partial charge in [-0.3, -0.25) is 19.3 Å². The Kier molecular flexibility index (Phi) is 7.69. The predicted octanol–water partition coefficient (Wildman–Crippen LogP) is 1.13. The zero-order chi connectivity index (χ0) is 24.1. The molecule has 3 aliphatic rings. The second-order valence-electron chi connectivity index (χ2n) is 8.61. The smallest absolute Gasteiger partial charge is 0.258 e. The van der Waals surface area contributed by atoms with E-state index in [1.54, 1.807) is 32.4 Å². The number of hydrogen-bond acceptors (Lipinski definition) is 8. The van der Waals surface area contributed by atoms with Crippen molar-refractivity contribution in [2.45, 2.75) is 19.3 Å². The fraction of sp³-hybridized carbons (Fsp3) is 0.542. The van der Waals surface area contributed by atoms with E-state index in [4.69, 9.17) is 14.2 Å². The highest BCUT2D eigenvalue weighted by atomic mass is 16.5. The van der Waals surface area contributed by atoms with E-state index >= 15 is 0 Å². The molecule has 3 heterocycles. The number of Topliss-reactive ketones (excluding diaryl/α,β-unsaturated/α-hetero) is 1. The molecule has 2 saturated heterocycles. The Balaban J connectivity index is 1.23. The molecule has 0 saturated carbocycles. The standard InChI is InChI=1S/C24H30N4O6/c1-32-19-4-3-16(11-20(19)33-2)23(30)15-5-8-28(9-6-15)13-22(29)25-12-21-26-18-7-10-34-14-17(18)24(31)27-21/h3-4,11,15,17H,5-10,12-14H2,1-2H3,(H,25,29). The fourth-order valence-corrected chi connectivity index (χ4v) is 4.49. The number of nitrogens with one attached hydrogen (secondary N) is 1. The van der Waals surface area contributed by atoms with Crippen LogP contribution in [0, 0.1) is 11.8 Å². The number of amides is 2. The lowest BCUT2D eigenvalue weighted by molar-refractivity contribution is -0.123. The average molecular weight is 471 g/mol. The van der Waals surface area contributed by atoms with Gasteiger partial charge in [-0.2, -0.15) is 4.99 Å². The maximum absolute atomic E-state index is 12.9. The minimum absolute atomic E-state index is 0.0792. The molecule has 1 atom stereocenters. The van der Waals surface area contributed by atoms with Crippen molar-refractivity contribution < 1.29 is 28.6 Å². The summed E-state index contributed by atoms with van der Waals surface area (Å²) < 4.78 is 15.9. The molecule has 1 aromatic carbocycles. The lowest BCUT2D eigenvalue weighted by Crippen LogP contribution is -2.44. The summed E-state index contributed by atoms with van der Waals surface area (Å²) in [6.07, 6.45) is 1.97. The summed E-state index contributed by atoms with van der Waals surface area (Å²) in [5.74, 6) is 0.650. The van der Waals surface area contributed by atoms with Crippen LogP contribution >= 0.6 is 0 Å². The third kappa shape index (κ3) is 5.51. The van der Waals surface area contributed by atoms with E-state index in [0.717, 1.165) is 5.71 Å². The van der Waals surface area contributed by atoms with Crippen molar-refractivity contribution in [1.82, 2.24) is 10.2 Å². The summed E-state index contributed by atoms with van der Waals surface area (Å²) in [7, 11) is 3.10. The molecule has 2 amide bonds. The molecule has 0 aromatic heterocycles. The molecule has 1 unspecified atom stereocenters. The molecule has 10 heteroatoms. The molecule has 3 aliphatic heterocycles. The molecular formula is C24H30N4O6. The summed E-state index contributed by atoms with van der Waals surface area (Å²) in [6.45, 7) is 2.53. The molecule has 1 N–H and O–H groups in total. The van der Waals surface area contributed by atoms with E-state index in [-0.39, 0.29) is 42.5 Å². The van der Waals surface area contributed by atoms with Crippen LogP contribution in [0.1, 0.15) is 29.6 Å². The number of rotatable bonds is 8. The van der Waals surface area contributed by atoms with E-state index in [1.807, 2.05) is 4.90 Å². The average Bonchev–Trinajstić information content (AvgIpc) is 2.87. The summed E-state index contributed by atoms with van der Waals surface area (Å²) in [5, 5.41) is 2.80. The Morgan fingerprint density at radius 1 is 1.15 bits per heavy atom. The molecule has 4 rings (SSSR count). The minimum Gasteiger partial charge on any atom is -0.493 e. The molecular weight excluding hydrogens is 440 g/mol. The Morgan fingerprint density at radius 3 is 2.65 bits per heavy atom. The first-order valence-corrected chi connectivity index (χ1v) is 11.5. The quantitative estimate of drug-likeness (QED) is 0.566. The third-order valence-corrected chi connectivity index (χ3v) is 6.44. The first kappa shape index (κ1) is 24.0. The zero-order valence-electron chi connectivity index (χ0n) is 19.5. The van der Waals surface area contributed by atoms with Crippen LogP contribution in [-0.4, -0.2) is 87.7 Å². The van der Waals surface area contributed by atoms with Gasteiger partial charge < -0.3 is 19.5 Å². The first-order valence-electron chi connectivity index (χ1n) is 11.5. The van der Waals surface area contributed by atoms with Crippen molar-refractivity contribution in [1.29, 1.82) is 0 Å². The van der Waals surface area contributed by atoms with Crippen LogP contribution in [0.4, 0.5) is 0 Å². The fourth-order valence-electron chi connectivity index (χ4n) is 4.49. The second kappa shape index (κ2) is 10.9. The van der Waals surface area contributed by atoms with Gasteiger partial charge in [-0.15, -0.1) is 0 Å². The maximum atomic E-state index is 12.9. The number of likely N-dealkylation sites (tertiary alicyclic amines) is 1. The van der Waals surface area contributed by atoms with Gasteiger partial charge in [-0.25, -0.2) is 4.99 Å². The van der Waals surface area contributed by atoms with Gasteiger partial charge in [-0.1, -0.05) is 0 Å². The number of methoxy groups -OCH3 is 2. The number of carbonyl (C=O) groups is 3. The molecule has 0 bridgehead atoms. The monoisotopic (exact) mass is 470 g/mol. The van der Waals surface area contributed by atoms with Gasteiger partial charge in [0.1, 0.15) is 5.92 Å². The maximum Gasteiger partial charge on any atom is 0.258 e. The van der Waals surface area contributed by atoms with Crippen LogP contribution < -0.4 is 14.8 Å². The van der Waals surface area contributed by atoms with E-state index in [9.17, 15) is 14.4 Å². The molecule has 34 heavy (non-hydrogen) atoms. The molecule has 0 spiro atoms. The van der Waals surface area contributed by atoms with E-state index < -0.39 is 0 Å². The van der Waals surface area contributed by atoms with Crippen LogP contribution in [0.2, 0.25) is 0 Å². The Bertz CT molecular complexity index is 1010. The molecule has 182 valence electrons. The van der Waals surface area contributed by atoms with Crippen LogP contribution in [0.25, 0.3) is 0 Å². The van der Waals surface area contributed by atoms with Crippen LogP contribution in [0.3, 0.4) is 0 Å². The predicted molar refractivity (Wildman–Crippen MR) is 125 cm³/mol.